The zero-order valence-corrected chi connectivity index (χ0v) is 17.7. The quantitative estimate of drug-likeness (QED) is 0.466. The summed E-state index contributed by atoms with van der Waals surface area (Å²) in [5.41, 5.74) is 3.92. The van der Waals surface area contributed by atoms with Crippen LogP contribution in [0.1, 0.15) is 35.1 Å². The number of para-hydroxylation sites is 1. The fourth-order valence-corrected chi connectivity index (χ4v) is 4.18. The third-order valence-corrected chi connectivity index (χ3v) is 5.53. The number of carbonyl (C=O) groups excluding carboxylic acids is 1. The fourth-order valence-electron chi connectivity index (χ4n) is 4.18. The van der Waals surface area contributed by atoms with E-state index in [1.54, 1.807) is 0 Å². The molecule has 0 saturated heterocycles. The van der Waals surface area contributed by atoms with Crippen LogP contribution in [0.25, 0.3) is 11.1 Å². The molecule has 1 aliphatic rings. The molecule has 0 radical (unpaired) electrons. The summed E-state index contributed by atoms with van der Waals surface area (Å²) in [5, 5.41) is 11.6. The van der Waals surface area contributed by atoms with Crippen LogP contribution >= 0.6 is 0 Å². The van der Waals surface area contributed by atoms with Crippen molar-refractivity contribution in [2.45, 2.75) is 24.7 Å². The van der Waals surface area contributed by atoms with Gasteiger partial charge in [-0.25, -0.2) is 4.79 Å². The van der Waals surface area contributed by atoms with Crippen molar-refractivity contribution in [2.75, 3.05) is 6.61 Å². The van der Waals surface area contributed by atoms with Crippen molar-refractivity contribution >= 4 is 12.1 Å². The van der Waals surface area contributed by atoms with Crippen LogP contribution in [0.2, 0.25) is 0 Å². The highest BCUT2D eigenvalue weighted by Gasteiger charge is 2.34. The Balaban J connectivity index is 1.51. The van der Waals surface area contributed by atoms with Crippen LogP contribution in [0.4, 0.5) is 18.0 Å². The number of hydrogen-bond donors (Lipinski definition) is 2. The summed E-state index contributed by atoms with van der Waals surface area (Å²) in [7, 11) is 0. The molecule has 6 nitrogen and oxygen atoms in total. The molecule has 3 aromatic rings. The summed E-state index contributed by atoms with van der Waals surface area (Å²) < 4.78 is 47.8. The molecule has 1 atom stereocenters. The number of nitrogens with one attached hydrogen (secondary N) is 1. The Hall–Kier alpha value is -4.01. The molecule has 0 bridgehead atoms. The first-order valence-electron chi connectivity index (χ1n) is 10.4. The van der Waals surface area contributed by atoms with Crippen molar-refractivity contribution in [1.29, 1.82) is 0 Å². The molecule has 176 valence electrons. The minimum Gasteiger partial charge on any atom is -0.481 e. The standard InChI is InChI=1S/C25H20F3NO5/c26-25(27,28)34-22-12-6-5-11-19(22)21(13-23(30)31)29-24(32)33-14-20-17-9-3-1-7-15(17)16-8-2-4-10-18(16)20/h1-12,20-21H,13-14H2,(H,29,32)(H,30,31)/t21-/m0/s1. The predicted molar refractivity (Wildman–Crippen MR) is 116 cm³/mol. The van der Waals surface area contributed by atoms with Crippen LogP contribution in [0.15, 0.2) is 72.8 Å². The van der Waals surface area contributed by atoms with E-state index in [1.807, 2.05) is 48.5 Å². The molecular formula is C25H20F3NO5. The van der Waals surface area contributed by atoms with Crippen LogP contribution in [0.3, 0.4) is 0 Å². The lowest BCUT2D eigenvalue weighted by Crippen LogP contribution is -2.32. The van der Waals surface area contributed by atoms with Crippen LogP contribution < -0.4 is 10.1 Å². The number of amides is 1. The first-order chi connectivity index (χ1) is 16.2. The number of carboxylic acid groups (broad SMARTS) is 1. The first kappa shape index (κ1) is 23.2. The Bertz CT molecular complexity index is 1170. The van der Waals surface area contributed by atoms with E-state index >= 15 is 0 Å². The monoisotopic (exact) mass is 471 g/mol. The van der Waals surface area contributed by atoms with Gasteiger partial charge in [0.05, 0.1) is 12.5 Å². The van der Waals surface area contributed by atoms with Crippen molar-refractivity contribution in [1.82, 2.24) is 5.32 Å². The summed E-state index contributed by atoms with van der Waals surface area (Å²) in [6.45, 7) is -0.0274. The number of halogens is 3. The Labute approximate surface area is 192 Å². The van der Waals surface area contributed by atoms with Gasteiger partial charge in [-0.1, -0.05) is 66.7 Å². The Morgan fingerprint density at radius 3 is 2.06 bits per heavy atom. The van der Waals surface area contributed by atoms with Gasteiger partial charge in [0.25, 0.3) is 0 Å². The maximum absolute atomic E-state index is 12.8. The van der Waals surface area contributed by atoms with E-state index in [4.69, 9.17) is 4.74 Å². The van der Waals surface area contributed by atoms with Gasteiger partial charge in [0.15, 0.2) is 0 Å². The third kappa shape index (κ3) is 5.14. The molecule has 3 aromatic carbocycles. The average molecular weight is 471 g/mol. The molecule has 0 spiro atoms. The van der Waals surface area contributed by atoms with Gasteiger partial charge in [0.1, 0.15) is 12.4 Å². The van der Waals surface area contributed by atoms with E-state index in [-0.39, 0.29) is 18.1 Å². The van der Waals surface area contributed by atoms with Crippen LogP contribution in [-0.2, 0) is 9.53 Å². The number of alkyl carbamates (subject to hydrolysis) is 1. The van der Waals surface area contributed by atoms with E-state index in [2.05, 4.69) is 10.1 Å². The van der Waals surface area contributed by atoms with Crippen molar-refractivity contribution in [3.05, 3.63) is 89.5 Å². The molecule has 0 saturated carbocycles. The van der Waals surface area contributed by atoms with E-state index in [0.29, 0.717) is 0 Å². The molecule has 9 heteroatoms. The van der Waals surface area contributed by atoms with Crippen molar-refractivity contribution in [3.63, 3.8) is 0 Å². The van der Waals surface area contributed by atoms with Crippen molar-refractivity contribution in [2.24, 2.45) is 0 Å². The summed E-state index contributed by atoms with van der Waals surface area (Å²) in [4.78, 5) is 23.9. The van der Waals surface area contributed by atoms with Gasteiger partial charge in [-0.05, 0) is 28.3 Å². The van der Waals surface area contributed by atoms with Crippen LogP contribution in [0.5, 0.6) is 5.75 Å². The number of alkyl halides is 3. The molecule has 4 rings (SSSR count). The van der Waals surface area contributed by atoms with Gasteiger partial charge in [-0.2, -0.15) is 0 Å². The smallest absolute Gasteiger partial charge is 0.481 e. The van der Waals surface area contributed by atoms with Gasteiger partial charge in [0.2, 0.25) is 0 Å². The highest BCUT2D eigenvalue weighted by molar-refractivity contribution is 5.79. The topological polar surface area (TPSA) is 84.9 Å². The van der Waals surface area contributed by atoms with Gasteiger partial charge in [0, 0.05) is 11.5 Å². The Morgan fingerprint density at radius 1 is 0.912 bits per heavy atom. The SMILES string of the molecule is O=C(O)C[C@H](NC(=O)OCC1c2ccccc2-c2ccccc21)c1ccccc1OC(F)(F)F. The number of fused-ring (bicyclic) bond motifs is 3. The number of rotatable bonds is 7. The molecule has 1 amide bonds. The van der Waals surface area contributed by atoms with Gasteiger partial charge in [-0.15, -0.1) is 13.2 Å². The van der Waals surface area contributed by atoms with Crippen LogP contribution in [0, 0.1) is 0 Å². The maximum Gasteiger partial charge on any atom is 0.573 e. The third-order valence-electron chi connectivity index (χ3n) is 5.53. The van der Waals surface area contributed by atoms with E-state index < -0.39 is 36.6 Å². The number of benzene rings is 3. The number of carbonyl (C=O) groups is 2. The fraction of sp³-hybridized carbons (Fsp3) is 0.200. The summed E-state index contributed by atoms with van der Waals surface area (Å²) >= 11 is 0. The Morgan fingerprint density at radius 2 is 1.47 bits per heavy atom. The van der Waals surface area contributed by atoms with Gasteiger partial charge >= 0.3 is 18.4 Å². The van der Waals surface area contributed by atoms with Gasteiger partial charge in [-0.3, -0.25) is 4.79 Å². The van der Waals surface area contributed by atoms with Crippen LogP contribution in [-0.4, -0.2) is 30.1 Å². The number of hydrogen-bond acceptors (Lipinski definition) is 4. The summed E-state index contributed by atoms with van der Waals surface area (Å²) in [6, 6.07) is 19.2. The lowest BCUT2D eigenvalue weighted by molar-refractivity contribution is -0.275. The van der Waals surface area contributed by atoms with E-state index in [0.717, 1.165) is 28.3 Å². The van der Waals surface area contributed by atoms with E-state index in [1.165, 1.54) is 18.2 Å². The second-order valence-electron chi connectivity index (χ2n) is 7.71. The maximum atomic E-state index is 12.8. The Kier molecular flexibility index (Phi) is 6.45. The predicted octanol–water partition coefficient (Wildman–Crippen LogP) is 5.64. The molecular weight excluding hydrogens is 451 g/mol. The number of carboxylic acids is 1. The minimum atomic E-state index is -4.98. The molecule has 1 aliphatic carbocycles. The lowest BCUT2D eigenvalue weighted by Gasteiger charge is -2.21. The first-order valence-corrected chi connectivity index (χ1v) is 10.4. The molecule has 34 heavy (non-hydrogen) atoms. The second-order valence-corrected chi connectivity index (χ2v) is 7.71. The molecule has 0 fully saturated rings. The average Bonchev–Trinajstić information content (AvgIpc) is 3.10. The molecule has 0 aliphatic heterocycles. The molecule has 0 unspecified atom stereocenters. The zero-order valence-electron chi connectivity index (χ0n) is 17.7. The second kappa shape index (κ2) is 9.46. The van der Waals surface area contributed by atoms with E-state index in [9.17, 15) is 27.9 Å². The number of ether oxygens (including phenoxy) is 2. The summed E-state index contributed by atoms with van der Waals surface area (Å²) in [6.07, 6.45) is -6.59. The highest BCUT2D eigenvalue weighted by Crippen LogP contribution is 2.44. The normalized spacial score (nSPS) is 13.5. The molecule has 2 N–H and O–H groups in total. The highest BCUT2D eigenvalue weighted by atomic mass is 19.4. The molecule has 0 aromatic heterocycles. The number of aliphatic carboxylic acids is 1. The largest absolute Gasteiger partial charge is 0.573 e. The molecule has 0 heterocycles. The van der Waals surface area contributed by atoms with Crippen molar-refractivity contribution in [3.8, 4) is 16.9 Å². The summed E-state index contributed by atoms with van der Waals surface area (Å²) in [5.74, 6) is -2.14. The minimum absolute atomic E-state index is 0.0274. The van der Waals surface area contributed by atoms with Crippen molar-refractivity contribution < 1.29 is 37.3 Å². The van der Waals surface area contributed by atoms with Gasteiger partial charge < -0.3 is 19.9 Å². The zero-order chi connectivity index (χ0) is 24.3. The lowest BCUT2D eigenvalue weighted by atomic mass is 9.98.